The molecule has 5 nitrogen and oxygen atoms in total. The van der Waals surface area contributed by atoms with Crippen molar-refractivity contribution in [1.29, 1.82) is 0 Å². The molecule has 0 radical (unpaired) electrons. The highest BCUT2D eigenvalue weighted by Gasteiger charge is 2.19. The molecule has 0 aromatic heterocycles. The zero-order valence-corrected chi connectivity index (χ0v) is 15.6. The molecule has 0 saturated heterocycles. The van der Waals surface area contributed by atoms with Crippen LogP contribution in [0.4, 0.5) is 11.4 Å². The number of carboxylic acids is 1. The Morgan fingerprint density at radius 2 is 1.69 bits per heavy atom. The number of hydrogen-bond donors (Lipinski definition) is 2. The number of para-hydroxylation sites is 1. The first kappa shape index (κ1) is 19.6. The molecule has 140 valence electrons. The highest BCUT2D eigenvalue weighted by atomic mass is 16.5. The van der Waals surface area contributed by atoms with Crippen LogP contribution in [0.5, 0.6) is 11.5 Å². The molecule has 2 aromatic carbocycles. The van der Waals surface area contributed by atoms with Crippen LogP contribution >= 0.6 is 0 Å². The van der Waals surface area contributed by atoms with Gasteiger partial charge in [-0.3, -0.25) is 0 Å². The maximum Gasteiger partial charge on any atom is 0.335 e. The summed E-state index contributed by atoms with van der Waals surface area (Å²) in [5.41, 5.74) is 7.44. The number of nitrogens with zero attached hydrogens (tertiary/aromatic N) is 1. The minimum absolute atomic E-state index is 0.177. The van der Waals surface area contributed by atoms with Crippen molar-refractivity contribution in [3.05, 3.63) is 48.0 Å². The fourth-order valence-electron chi connectivity index (χ4n) is 2.76. The van der Waals surface area contributed by atoms with Crippen molar-refractivity contribution in [2.24, 2.45) is 0 Å². The Balaban J connectivity index is 2.48. The van der Waals surface area contributed by atoms with Gasteiger partial charge in [0.2, 0.25) is 0 Å². The van der Waals surface area contributed by atoms with Gasteiger partial charge in [0.15, 0.2) is 5.75 Å². The number of ether oxygens (including phenoxy) is 1. The van der Waals surface area contributed by atoms with Gasteiger partial charge >= 0.3 is 5.97 Å². The van der Waals surface area contributed by atoms with Crippen LogP contribution in [-0.4, -0.2) is 24.2 Å². The van der Waals surface area contributed by atoms with E-state index >= 15 is 0 Å². The van der Waals surface area contributed by atoms with Crippen LogP contribution in [0, 0.1) is 0 Å². The Labute approximate surface area is 155 Å². The molecule has 0 aliphatic rings. The van der Waals surface area contributed by atoms with Gasteiger partial charge < -0.3 is 20.5 Å². The molecule has 0 amide bonds. The van der Waals surface area contributed by atoms with Crippen molar-refractivity contribution in [3.63, 3.8) is 0 Å². The zero-order chi connectivity index (χ0) is 18.9. The number of benzene rings is 2. The number of nitrogen functional groups attached to an aromatic ring is 1. The molecule has 0 bridgehead atoms. The van der Waals surface area contributed by atoms with Gasteiger partial charge in [0.1, 0.15) is 5.75 Å². The Morgan fingerprint density at radius 3 is 2.23 bits per heavy atom. The molecular formula is C21H28N2O3. The Morgan fingerprint density at radius 1 is 1.08 bits per heavy atom. The number of carbonyl (C=O) groups is 1. The molecule has 3 N–H and O–H groups in total. The van der Waals surface area contributed by atoms with Gasteiger partial charge in [0.25, 0.3) is 0 Å². The molecule has 5 heteroatoms. The first-order valence-corrected chi connectivity index (χ1v) is 9.21. The molecule has 0 aliphatic heterocycles. The largest absolute Gasteiger partial charge is 0.478 e. The third-order valence-corrected chi connectivity index (χ3v) is 4.21. The van der Waals surface area contributed by atoms with Crippen molar-refractivity contribution in [2.45, 2.75) is 39.5 Å². The summed E-state index contributed by atoms with van der Waals surface area (Å²) in [6, 6.07) is 12.5. The summed E-state index contributed by atoms with van der Waals surface area (Å²) in [5.74, 6) is 0.206. The van der Waals surface area contributed by atoms with Crippen LogP contribution in [0.2, 0.25) is 0 Å². The molecule has 0 fully saturated rings. The van der Waals surface area contributed by atoms with E-state index in [4.69, 9.17) is 10.5 Å². The van der Waals surface area contributed by atoms with E-state index < -0.39 is 5.97 Å². The van der Waals surface area contributed by atoms with Gasteiger partial charge in [-0.25, -0.2) is 4.79 Å². The summed E-state index contributed by atoms with van der Waals surface area (Å²) in [6.45, 7) is 5.96. The Bertz CT molecular complexity index is 709. The van der Waals surface area contributed by atoms with E-state index in [1.54, 1.807) is 6.07 Å². The number of anilines is 2. The summed E-state index contributed by atoms with van der Waals surface area (Å²) < 4.78 is 6.06. The molecule has 0 heterocycles. The van der Waals surface area contributed by atoms with Crippen molar-refractivity contribution in [3.8, 4) is 11.5 Å². The monoisotopic (exact) mass is 356 g/mol. The predicted octanol–water partition coefficient (Wildman–Crippen LogP) is 5.17. The van der Waals surface area contributed by atoms with Crippen molar-refractivity contribution < 1.29 is 14.6 Å². The third kappa shape index (κ3) is 5.15. The number of rotatable bonds is 10. The van der Waals surface area contributed by atoms with Gasteiger partial charge in [0.05, 0.1) is 16.9 Å². The van der Waals surface area contributed by atoms with Crippen molar-refractivity contribution in [1.82, 2.24) is 0 Å². The summed E-state index contributed by atoms with van der Waals surface area (Å²) in [6.07, 6.45) is 4.16. The second-order valence-electron chi connectivity index (χ2n) is 6.33. The maximum atomic E-state index is 11.5. The Kier molecular flexibility index (Phi) is 7.33. The van der Waals surface area contributed by atoms with Crippen LogP contribution in [0.25, 0.3) is 0 Å². The lowest BCUT2D eigenvalue weighted by atomic mass is 10.1. The van der Waals surface area contributed by atoms with E-state index in [0.717, 1.165) is 44.5 Å². The van der Waals surface area contributed by atoms with E-state index in [2.05, 4.69) is 18.7 Å². The molecule has 0 unspecified atom stereocenters. The minimum atomic E-state index is -0.991. The minimum Gasteiger partial charge on any atom is -0.478 e. The van der Waals surface area contributed by atoms with E-state index in [1.165, 1.54) is 6.07 Å². The van der Waals surface area contributed by atoms with E-state index in [0.29, 0.717) is 17.2 Å². The number of aromatic carboxylic acids is 1. The molecule has 26 heavy (non-hydrogen) atoms. The predicted molar refractivity (Wildman–Crippen MR) is 106 cm³/mol. The highest BCUT2D eigenvalue weighted by molar-refractivity contribution is 5.92. The standard InChI is InChI=1S/C21H28N2O3/c1-3-5-12-23(13-6-4-2)19-15-16(21(24)25)14-18(22)20(19)26-17-10-8-7-9-11-17/h7-11,14-15H,3-6,12-13,22H2,1-2H3,(H,24,25). The Hall–Kier alpha value is -2.69. The molecule has 2 rings (SSSR count). The number of unbranched alkanes of at least 4 members (excludes halogenated alkanes) is 2. The molecule has 0 aliphatic carbocycles. The molecule has 0 atom stereocenters. The maximum absolute atomic E-state index is 11.5. The van der Waals surface area contributed by atoms with Crippen molar-refractivity contribution in [2.75, 3.05) is 23.7 Å². The molecule has 2 aromatic rings. The fourth-order valence-corrected chi connectivity index (χ4v) is 2.76. The van der Waals surface area contributed by atoms with Crippen LogP contribution in [0.15, 0.2) is 42.5 Å². The zero-order valence-electron chi connectivity index (χ0n) is 15.6. The van der Waals surface area contributed by atoms with Gasteiger partial charge in [-0.1, -0.05) is 44.9 Å². The molecule has 0 saturated carbocycles. The lowest BCUT2D eigenvalue weighted by Crippen LogP contribution is -2.26. The third-order valence-electron chi connectivity index (χ3n) is 4.21. The number of carboxylic acid groups (broad SMARTS) is 1. The van der Waals surface area contributed by atoms with Gasteiger partial charge in [-0.15, -0.1) is 0 Å². The van der Waals surface area contributed by atoms with Gasteiger partial charge in [-0.2, -0.15) is 0 Å². The number of nitrogens with two attached hydrogens (primary N) is 1. The average molecular weight is 356 g/mol. The van der Waals surface area contributed by atoms with Crippen LogP contribution < -0.4 is 15.4 Å². The summed E-state index contributed by atoms with van der Waals surface area (Å²) in [4.78, 5) is 13.7. The lowest BCUT2D eigenvalue weighted by Gasteiger charge is -2.28. The fraction of sp³-hybridized carbons (Fsp3) is 0.381. The summed E-state index contributed by atoms with van der Waals surface area (Å²) in [5, 5.41) is 9.43. The first-order valence-electron chi connectivity index (χ1n) is 9.21. The van der Waals surface area contributed by atoms with E-state index in [9.17, 15) is 9.90 Å². The van der Waals surface area contributed by atoms with Crippen molar-refractivity contribution >= 4 is 17.3 Å². The average Bonchev–Trinajstić information content (AvgIpc) is 2.64. The first-order chi connectivity index (χ1) is 12.6. The lowest BCUT2D eigenvalue weighted by molar-refractivity contribution is 0.0697. The second kappa shape index (κ2) is 9.70. The molecule has 0 spiro atoms. The summed E-state index contributed by atoms with van der Waals surface area (Å²) in [7, 11) is 0. The highest BCUT2D eigenvalue weighted by Crippen LogP contribution is 2.39. The quantitative estimate of drug-likeness (QED) is 0.575. The smallest absolute Gasteiger partial charge is 0.335 e. The SMILES string of the molecule is CCCCN(CCCC)c1cc(C(=O)O)cc(N)c1Oc1ccccc1. The molecular weight excluding hydrogens is 328 g/mol. The van der Waals surface area contributed by atoms with E-state index in [-0.39, 0.29) is 5.56 Å². The normalized spacial score (nSPS) is 10.5. The second-order valence-corrected chi connectivity index (χ2v) is 6.33. The summed E-state index contributed by atoms with van der Waals surface area (Å²) >= 11 is 0. The number of hydrogen-bond acceptors (Lipinski definition) is 4. The van der Waals surface area contributed by atoms with Gasteiger partial charge in [0, 0.05) is 13.1 Å². The van der Waals surface area contributed by atoms with Gasteiger partial charge in [-0.05, 0) is 37.1 Å². The topological polar surface area (TPSA) is 75.8 Å². The van der Waals surface area contributed by atoms with Crippen LogP contribution in [0.1, 0.15) is 49.9 Å². The van der Waals surface area contributed by atoms with Crippen LogP contribution in [-0.2, 0) is 0 Å². The van der Waals surface area contributed by atoms with Crippen LogP contribution in [0.3, 0.4) is 0 Å². The van der Waals surface area contributed by atoms with E-state index in [1.807, 2.05) is 30.3 Å².